The van der Waals surface area contributed by atoms with E-state index >= 15 is 0 Å². The zero-order chi connectivity index (χ0) is 16.2. The molecule has 3 atom stereocenters. The van der Waals surface area contributed by atoms with Crippen LogP contribution in [0.3, 0.4) is 0 Å². The van der Waals surface area contributed by atoms with Crippen LogP contribution in [-0.4, -0.2) is 18.1 Å². The molecule has 3 N–H and O–H groups in total. The fourth-order valence-corrected chi connectivity index (χ4v) is 2.65. The lowest BCUT2D eigenvalue weighted by molar-refractivity contribution is -0.122. The van der Waals surface area contributed by atoms with Gasteiger partial charge in [-0.2, -0.15) is 0 Å². The summed E-state index contributed by atoms with van der Waals surface area (Å²) in [5, 5.41) is 4.73. The number of rotatable bonds is 4. The van der Waals surface area contributed by atoms with Crippen molar-refractivity contribution in [2.24, 2.45) is 5.73 Å². The number of hydroxylamine groups is 1. The number of nitrogens with zero attached hydrogens (tertiary/aromatic N) is 1. The summed E-state index contributed by atoms with van der Waals surface area (Å²) in [5.74, 6) is -0.187. The highest BCUT2D eigenvalue weighted by atomic mass is 16.7. The summed E-state index contributed by atoms with van der Waals surface area (Å²) in [4.78, 5) is 18.1. The second kappa shape index (κ2) is 6.81. The lowest BCUT2D eigenvalue weighted by atomic mass is 10.1. The van der Waals surface area contributed by atoms with Crippen LogP contribution in [0.25, 0.3) is 0 Å². The summed E-state index contributed by atoms with van der Waals surface area (Å²) < 4.78 is 0. The molecule has 0 unspecified atom stereocenters. The first-order valence-corrected chi connectivity index (χ1v) is 7.77. The summed E-state index contributed by atoms with van der Waals surface area (Å²) >= 11 is 0. The third-order valence-corrected chi connectivity index (χ3v) is 3.87. The highest BCUT2D eigenvalue weighted by molar-refractivity contribution is 5.81. The van der Waals surface area contributed by atoms with E-state index in [0.29, 0.717) is 6.42 Å². The van der Waals surface area contributed by atoms with Gasteiger partial charge in [0.2, 0.25) is 5.91 Å². The van der Waals surface area contributed by atoms with Crippen LogP contribution >= 0.6 is 0 Å². The Labute approximate surface area is 136 Å². The van der Waals surface area contributed by atoms with Gasteiger partial charge in [0, 0.05) is 6.42 Å². The molecule has 1 aliphatic rings. The van der Waals surface area contributed by atoms with Gasteiger partial charge in [0.1, 0.15) is 12.3 Å². The molecule has 23 heavy (non-hydrogen) atoms. The van der Waals surface area contributed by atoms with E-state index < -0.39 is 6.04 Å². The normalized spacial score (nSPS) is 21.9. The van der Waals surface area contributed by atoms with Crippen LogP contribution in [0, 0.1) is 0 Å². The number of amides is 1. The van der Waals surface area contributed by atoms with Crippen LogP contribution in [0.15, 0.2) is 60.7 Å². The summed E-state index contributed by atoms with van der Waals surface area (Å²) in [5.41, 5.74) is 7.67. The molecule has 1 aliphatic heterocycles. The minimum Gasteiger partial charge on any atom is -0.332 e. The summed E-state index contributed by atoms with van der Waals surface area (Å²) in [7, 11) is 0. The molecule has 0 bridgehead atoms. The van der Waals surface area contributed by atoms with Gasteiger partial charge in [-0.15, -0.1) is 0 Å². The highest BCUT2D eigenvalue weighted by Crippen LogP contribution is 2.35. The van der Waals surface area contributed by atoms with Crippen LogP contribution in [0.4, 0.5) is 5.69 Å². The predicted molar refractivity (Wildman–Crippen MR) is 89.4 cm³/mol. The van der Waals surface area contributed by atoms with E-state index in [1.807, 2.05) is 60.7 Å². The Bertz CT molecular complexity index is 646. The number of nitrogens with two attached hydrogens (primary N) is 1. The van der Waals surface area contributed by atoms with E-state index in [0.717, 1.165) is 11.3 Å². The van der Waals surface area contributed by atoms with Crippen molar-refractivity contribution < 1.29 is 9.63 Å². The van der Waals surface area contributed by atoms with Gasteiger partial charge >= 0.3 is 0 Å². The lowest BCUT2D eigenvalue weighted by Crippen LogP contribution is -2.49. The van der Waals surface area contributed by atoms with Gasteiger partial charge in [0.15, 0.2) is 0 Å². The molecule has 1 amide bonds. The van der Waals surface area contributed by atoms with Crippen molar-refractivity contribution in [3.63, 3.8) is 0 Å². The Morgan fingerprint density at radius 3 is 2.39 bits per heavy atom. The van der Waals surface area contributed by atoms with Crippen molar-refractivity contribution in [3.8, 4) is 0 Å². The number of anilines is 1. The van der Waals surface area contributed by atoms with Crippen LogP contribution in [0.2, 0.25) is 0 Å². The van der Waals surface area contributed by atoms with Crippen molar-refractivity contribution >= 4 is 11.6 Å². The molecule has 0 saturated carbocycles. The molecule has 0 radical (unpaired) electrons. The molecule has 3 rings (SSSR count). The first kappa shape index (κ1) is 15.5. The molecule has 0 aromatic heterocycles. The van der Waals surface area contributed by atoms with E-state index in [1.54, 1.807) is 12.0 Å². The summed E-state index contributed by atoms with van der Waals surface area (Å²) in [6, 6.07) is 19.2. The maximum Gasteiger partial charge on any atom is 0.238 e. The first-order valence-electron chi connectivity index (χ1n) is 7.77. The fraction of sp³-hybridized carbons (Fsp3) is 0.278. The molecule has 0 spiro atoms. The average Bonchev–Trinajstić information content (AvgIpc) is 3.00. The first-order chi connectivity index (χ1) is 11.1. The molecular weight excluding hydrogens is 290 g/mol. The predicted octanol–water partition coefficient (Wildman–Crippen LogP) is 2.36. The minimum atomic E-state index is -0.552. The zero-order valence-electron chi connectivity index (χ0n) is 13.1. The van der Waals surface area contributed by atoms with Gasteiger partial charge in [0.25, 0.3) is 0 Å². The van der Waals surface area contributed by atoms with Crippen LogP contribution in [0.1, 0.15) is 25.0 Å². The van der Waals surface area contributed by atoms with Crippen LogP contribution < -0.4 is 16.1 Å². The number of carbonyl (C=O) groups excluding carboxylic acids is 1. The zero-order valence-corrected chi connectivity index (χ0v) is 13.1. The van der Waals surface area contributed by atoms with E-state index in [2.05, 4.69) is 5.32 Å². The number of para-hydroxylation sites is 1. The molecule has 120 valence electrons. The van der Waals surface area contributed by atoms with Crippen molar-refractivity contribution in [2.45, 2.75) is 31.7 Å². The van der Waals surface area contributed by atoms with Gasteiger partial charge in [-0.3, -0.25) is 9.63 Å². The van der Waals surface area contributed by atoms with E-state index in [4.69, 9.17) is 10.6 Å². The standard InChI is InChI=1S/C18H21N3O2/c1-13(19)18(22)20-17-12-16(14-8-4-2-5-9-14)23-21(17)15-10-6-3-7-11-15/h2-11,13,16-17H,12,19H2,1H3,(H,20,22)/t13-,16+,17+/m0/s1. The van der Waals surface area contributed by atoms with Crippen LogP contribution in [0.5, 0.6) is 0 Å². The largest absolute Gasteiger partial charge is 0.332 e. The number of hydrogen-bond acceptors (Lipinski definition) is 4. The highest BCUT2D eigenvalue weighted by Gasteiger charge is 2.36. The quantitative estimate of drug-likeness (QED) is 0.909. The maximum absolute atomic E-state index is 12.0. The number of hydrogen-bond donors (Lipinski definition) is 2. The Kier molecular flexibility index (Phi) is 4.60. The van der Waals surface area contributed by atoms with Crippen molar-refractivity contribution in [1.29, 1.82) is 0 Å². The Hall–Kier alpha value is -2.37. The van der Waals surface area contributed by atoms with Gasteiger partial charge in [0.05, 0.1) is 11.7 Å². The second-order valence-corrected chi connectivity index (χ2v) is 5.71. The smallest absolute Gasteiger partial charge is 0.238 e. The third-order valence-electron chi connectivity index (χ3n) is 3.87. The van der Waals surface area contributed by atoms with Gasteiger partial charge in [-0.25, -0.2) is 5.06 Å². The minimum absolute atomic E-state index is 0.102. The second-order valence-electron chi connectivity index (χ2n) is 5.71. The third kappa shape index (κ3) is 3.52. The topological polar surface area (TPSA) is 67.6 Å². The molecule has 5 heteroatoms. The molecule has 0 aliphatic carbocycles. The monoisotopic (exact) mass is 311 g/mol. The van der Waals surface area contributed by atoms with Gasteiger partial charge < -0.3 is 11.1 Å². The summed E-state index contributed by atoms with van der Waals surface area (Å²) in [6.45, 7) is 1.67. The number of nitrogens with one attached hydrogen (secondary N) is 1. The Morgan fingerprint density at radius 2 is 1.78 bits per heavy atom. The lowest BCUT2D eigenvalue weighted by Gasteiger charge is -2.25. The number of carbonyl (C=O) groups is 1. The van der Waals surface area contributed by atoms with Crippen molar-refractivity contribution in [2.75, 3.05) is 5.06 Å². The van der Waals surface area contributed by atoms with E-state index in [-0.39, 0.29) is 18.2 Å². The average molecular weight is 311 g/mol. The summed E-state index contributed by atoms with van der Waals surface area (Å²) in [6.07, 6.45) is 0.313. The SMILES string of the molecule is C[C@H](N)C(=O)N[C@H]1C[C@H](c2ccccc2)ON1c1ccccc1. The van der Waals surface area contributed by atoms with Crippen molar-refractivity contribution in [3.05, 3.63) is 66.2 Å². The van der Waals surface area contributed by atoms with Gasteiger partial charge in [-0.05, 0) is 24.6 Å². The molecule has 2 aromatic rings. The molecule has 1 saturated heterocycles. The maximum atomic E-state index is 12.0. The molecule has 1 heterocycles. The van der Waals surface area contributed by atoms with Crippen molar-refractivity contribution in [1.82, 2.24) is 5.32 Å². The Morgan fingerprint density at radius 1 is 1.17 bits per heavy atom. The molecule has 5 nitrogen and oxygen atoms in total. The molecule has 2 aromatic carbocycles. The Balaban J connectivity index is 1.83. The van der Waals surface area contributed by atoms with Crippen LogP contribution in [-0.2, 0) is 9.63 Å². The number of benzene rings is 2. The van der Waals surface area contributed by atoms with E-state index in [9.17, 15) is 4.79 Å². The van der Waals surface area contributed by atoms with E-state index in [1.165, 1.54) is 0 Å². The molecule has 1 fully saturated rings. The molecular formula is C18H21N3O2. The van der Waals surface area contributed by atoms with Gasteiger partial charge in [-0.1, -0.05) is 48.5 Å². The fourth-order valence-electron chi connectivity index (χ4n) is 2.65.